The number of nitrogens with one attached hydrogen (secondary N) is 1. The molecule has 1 aliphatic rings. The quantitative estimate of drug-likeness (QED) is 0.623. The van der Waals surface area contributed by atoms with Gasteiger partial charge in [-0.1, -0.05) is 0 Å². The van der Waals surface area contributed by atoms with Gasteiger partial charge in [-0.15, -0.1) is 0 Å². The van der Waals surface area contributed by atoms with Gasteiger partial charge in [0, 0.05) is 29.4 Å². The smallest absolute Gasteiger partial charge is 0.275 e. The van der Waals surface area contributed by atoms with Crippen LogP contribution in [0.1, 0.15) is 0 Å². The summed E-state index contributed by atoms with van der Waals surface area (Å²) in [5.41, 5.74) is 0. The van der Waals surface area contributed by atoms with E-state index >= 15 is 0 Å². The Bertz CT molecular complexity index is 346. The molecule has 1 fully saturated rings. The van der Waals surface area contributed by atoms with Gasteiger partial charge < -0.3 is 0 Å². The summed E-state index contributed by atoms with van der Waals surface area (Å²) in [5.74, 6) is -2.40. The minimum absolute atomic E-state index is 0.0556. The van der Waals surface area contributed by atoms with Crippen LogP contribution in [0.2, 0.25) is 0 Å². The maximum absolute atomic E-state index is 12.9. The molecular weight excluding hydrogens is 227 g/mol. The highest BCUT2D eigenvalue weighted by molar-refractivity contribution is 7.84. The van der Waals surface area contributed by atoms with Crippen molar-refractivity contribution in [2.24, 2.45) is 0 Å². The van der Waals surface area contributed by atoms with Crippen LogP contribution < -0.4 is 5.32 Å². The summed E-state index contributed by atoms with van der Waals surface area (Å²) in [4.78, 5) is 33.4. The molecule has 1 rings (SSSR count). The summed E-state index contributed by atoms with van der Waals surface area (Å²) in [6.45, 7) is -0.165. The Hall–Kier alpha value is -1.31. The highest BCUT2D eigenvalue weighted by atomic mass is 32.2. The van der Waals surface area contributed by atoms with E-state index in [-0.39, 0.29) is 12.3 Å². The van der Waals surface area contributed by atoms with Gasteiger partial charge in [0.15, 0.2) is 0 Å². The molecule has 1 aliphatic heterocycles. The normalized spacial score (nSPS) is 24.0. The molecule has 1 saturated heterocycles. The minimum atomic E-state index is -2.35. The number of barbiturate groups is 1. The number of halogens is 1. The van der Waals surface area contributed by atoms with Crippen molar-refractivity contribution in [1.82, 2.24) is 10.2 Å². The molecule has 0 aromatic rings. The molecule has 0 bridgehead atoms. The van der Waals surface area contributed by atoms with Crippen LogP contribution in [0, 0.1) is 0 Å². The van der Waals surface area contributed by atoms with Crippen LogP contribution in [0.4, 0.5) is 9.18 Å². The molecule has 15 heavy (non-hydrogen) atoms. The summed E-state index contributed by atoms with van der Waals surface area (Å²) in [6.07, 6.45) is -0.960. The van der Waals surface area contributed by atoms with Crippen molar-refractivity contribution in [3.8, 4) is 0 Å². The molecule has 0 aromatic heterocycles. The number of urea groups is 1. The van der Waals surface area contributed by atoms with Crippen molar-refractivity contribution < 1.29 is 23.0 Å². The van der Waals surface area contributed by atoms with Crippen molar-refractivity contribution in [3.05, 3.63) is 0 Å². The molecular formula is C7H9FN2O4S. The standard InChI is InChI=1S/C7H9FN2O4S/c1-15(14)3-2-10-6(12)4(8)5(11)9-7(10)13/h4H,2-3H2,1H3,(H,9,11,13). The lowest BCUT2D eigenvalue weighted by atomic mass is 10.2. The zero-order valence-electron chi connectivity index (χ0n) is 7.86. The Balaban J connectivity index is 2.70. The SMILES string of the molecule is CS(=O)CCN1C(=O)NC(=O)C(F)C1=O. The molecule has 8 heteroatoms. The van der Waals surface area contributed by atoms with Crippen molar-refractivity contribution >= 4 is 28.6 Å². The van der Waals surface area contributed by atoms with Crippen LogP contribution >= 0.6 is 0 Å². The van der Waals surface area contributed by atoms with Crippen molar-refractivity contribution in [1.29, 1.82) is 0 Å². The number of carbonyl (C=O) groups excluding carboxylic acids is 3. The fraction of sp³-hybridized carbons (Fsp3) is 0.571. The zero-order chi connectivity index (χ0) is 11.6. The number of hydrogen-bond donors (Lipinski definition) is 1. The predicted octanol–water partition coefficient (Wildman–Crippen LogP) is -1.22. The average molecular weight is 236 g/mol. The van der Waals surface area contributed by atoms with E-state index in [1.807, 2.05) is 0 Å². The van der Waals surface area contributed by atoms with Gasteiger partial charge in [-0.3, -0.25) is 24.0 Å². The highest BCUT2D eigenvalue weighted by Gasteiger charge is 2.40. The van der Waals surface area contributed by atoms with Crippen LogP contribution in [0.15, 0.2) is 0 Å². The van der Waals surface area contributed by atoms with Crippen LogP contribution in [-0.4, -0.2) is 51.7 Å². The Morgan fingerprint density at radius 2 is 2.07 bits per heavy atom. The lowest BCUT2D eigenvalue weighted by Gasteiger charge is -2.26. The van der Waals surface area contributed by atoms with Gasteiger partial charge in [-0.25, -0.2) is 9.18 Å². The van der Waals surface area contributed by atoms with Gasteiger partial charge in [0.05, 0.1) is 0 Å². The first-order chi connectivity index (χ1) is 6.93. The second-order valence-corrected chi connectivity index (χ2v) is 4.48. The number of nitrogens with zero attached hydrogens (tertiary/aromatic N) is 1. The molecule has 6 nitrogen and oxygen atoms in total. The fourth-order valence-corrected chi connectivity index (χ4v) is 1.46. The Morgan fingerprint density at radius 3 is 2.60 bits per heavy atom. The minimum Gasteiger partial charge on any atom is -0.275 e. The molecule has 1 N–H and O–H groups in total. The number of carbonyl (C=O) groups is 3. The van der Waals surface area contributed by atoms with Gasteiger partial charge in [0.1, 0.15) is 0 Å². The first-order valence-corrected chi connectivity index (χ1v) is 5.76. The third kappa shape index (κ3) is 2.58. The Kier molecular flexibility index (Phi) is 3.51. The average Bonchev–Trinajstić information content (AvgIpc) is 2.14. The second kappa shape index (κ2) is 4.47. The monoisotopic (exact) mass is 236 g/mol. The van der Waals surface area contributed by atoms with Gasteiger partial charge in [-0.2, -0.15) is 0 Å². The van der Waals surface area contributed by atoms with E-state index in [0.29, 0.717) is 4.90 Å². The van der Waals surface area contributed by atoms with E-state index in [2.05, 4.69) is 0 Å². The highest BCUT2D eigenvalue weighted by Crippen LogP contribution is 2.06. The summed E-state index contributed by atoms with van der Waals surface area (Å²) in [5, 5.41) is 1.69. The molecule has 1 heterocycles. The Morgan fingerprint density at radius 1 is 1.47 bits per heavy atom. The van der Waals surface area contributed by atoms with E-state index in [9.17, 15) is 23.0 Å². The van der Waals surface area contributed by atoms with E-state index in [0.717, 1.165) is 0 Å². The van der Waals surface area contributed by atoms with Gasteiger partial charge in [0.25, 0.3) is 18.0 Å². The molecule has 0 radical (unpaired) electrons. The van der Waals surface area contributed by atoms with Crippen molar-refractivity contribution in [3.63, 3.8) is 0 Å². The van der Waals surface area contributed by atoms with E-state index in [1.165, 1.54) is 6.26 Å². The van der Waals surface area contributed by atoms with Crippen molar-refractivity contribution in [2.75, 3.05) is 18.6 Å². The van der Waals surface area contributed by atoms with E-state index in [4.69, 9.17) is 0 Å². The van der Waals surface area contributed by atoms with Crippen LogP contribution in [0.3, 0.4) is 0 Å². The lowest BCUT2D eigenvalue weighted by molar-refractivity contribution is -0.143. The summed E-state index contributed by atoms with van der Waals surface area (Å²) in [7, 11) is -1.20. The number of rotatable bonds is 3. The maximum atomic E-state index is 12.9. The fourth-order valence-electron chi connectivity index (χ4n) is 1.02. The number of alkyl halides is 1. The molecule has 0 aromatic carbocycles. The third-order valence-corrected chi connectivity index (χ3v) is 2.55. The molecule has 4 amide bonds. The second-order valence-electron chi connectivity index (χ2n) is 2.92. The maximum Gasteiger partial charge on any atom is 0.330 e. The van der Waals surface area contributed by atoms with Crippen LogP contribution in [0.25, 0.3) is 0 Å². The van der Waals surface area contributed by atoms with Gasteiger partial charge in [-0.05, 0) is 0 Å². The van der Waals surface area contributed by atoms with Gasteiger partial charge in [0.2, 0.25) is 0 Å². The van der Waals surface area contributed by atoms with Crippen LogP contribution in [0.5, 0.6) is 0 Å². The molecule has 2 atom stereocenters. The first kappa shape index (κ1) is 11.8. The largest absolute Gasteiger partial charge is 0.330 e. The summed E-state index contributed by atoms with van der Waals surface area (Å²) >= 11 is 0. The topological polar surface area (TPSA) is 83.6 Å². The zero-order valence-corrected chi connectivity index (χ0v) is 8.67. The first-order valence-electron chi connectivity index (χ1n) is 4.03. The Labute approximate surface area is 87.3 Å². The van der Waals surface area contributed by atoms with E-state index < -0.39 is 34.8 Å². The number of imide groups is 2. The number of amides is 4. The van der Waals surface area contributed by atoms with Crippen molar-refractivity contribution in [2.45, 2.75) is 6.17 Å². The lowest BCUT2D eigenvalue weighted by Crippen LogP contribution is -2.59. The molecule has 0 saturated carbocycles. The van der Waals surface area contributed by atoms with Gasteiger partial charge >= 0.3 is 6.03 Å². The molecule has 0 spiro atoms. The number of hydrogen-bond acceptors (Lipinski definition) is 4. The third-order valence-electron chi connectivity index (χ3n) is 1.79. The summed E-state index contributed by atoms with van der Waals surface area (Å²) < 4.78 is 23.6. The predicted molar refractivity (Wildman–Crippen MR) is 49.1 cm³/mol. The van der Waals surface area contributed by atoms with Crippen LogP contribution in [-0.2, 0) is 20.4 Å². The molecule has 0 aliphatic carbocycles. The van der Waals surface area contributed by atoms with E-state index in [1.54, 1.807) is 5.32 Å². The molecule has 2 unspecified atom stereocenters. The summed E-state index contributed by atoms with van der Waals surface area (Å²) in [6, 6.07) is -0.968. The molecule has 84 valence electrons.